The summed E-state index contributed by atoms with van der Waals surface area (Å²) in [5.74, 6) is 0.218. The highest BCUT2D eigenvalue weighted by Gasteiger charge is 2.54. The van der Waals surface area contributed by atoms with E-state index in [9.17, 15) is 13.5 Å². The van der Waals surface area contributed by atoms with Crippen LogP contribution in [0, 0.1) is 18.3 Å². The summed E-state index contributed by atoms with van der Waals surface area (Å²) < 4.78 is 27.6. The molecular weight excluding hydrogens is 420 g/mol. The minimum absolute atomic E-state index is 0.0322. The Morgan fingerprint density at radius 2 is 1.97 bits per heavy atom. The summed E-state index contributed by atoms with van der Waals surface area (Å²) in [7, 11) is -3.79. The molecule has 1 heterocycles. The van der Waals surface area contributed by atoms with Gasteiger partial charge in [0.15, 0.2) is 0 Å². The van der Waals surface area contributed by atoms with Gasteiger partial charge >= 0.3 is 0 Å². The van der Waals surface area contributed by atoms with Crippen LogP contribution >= 0.6 is 11.6 Å². The maximum atomic E-state index is 13.2. The molecule has 5 nitrogen and oxygen atoms in total. The number of nitrogens with zero attached hydrogens (tertiary/aromatic N) is 2. The molecule has 1 N–H and O–H groups in total. The number of fused-ring (bicyclic) bond motifs is 5. The van der Waals surface area contributed by atoms with Gasteiger partial charge in [0.05, 0.1) is 27.7 Å². The van der Waals surface area contributed by atoms with Gasteiger partial charge in [-0.25, -0.2) is 0 Å². The van der Waals surface area contributed by atoms with Crippen molar-refractivity contribution in [2.24, 2.45) is 11.3 Å². The minimum atomic E-state index is -3.79. The number of aryl methyl sites for hydroxylation is 1. The van der Waals surface area contributed by atoms with Crippen LogP contribution in [-0.2, 0) is 16.4 Å². The molecule has 0 saturated heterocycles. The highest BCUT2D eigenvalue weighted by Crippen LogP contribution is 2.64. The van der Waals surface area contributed by atoms with Crippen molar-refractivity contribution in [1.29, 1.82) is 0 Å². The van der Waals surface area contributed by atoms with E-state index in [4.69, 9.17) is 11.6 Å². The Balaban J connectivity index is 1.54. The number of hydrogen-bond acceptors (Lipinski definition) is 4. The Kier molecular flexibility index (Phi) is 3.70. The second-order valence-electron chi connectivity index (χ2n) is 8.96. The van der Waals surface area contributed by atoms with Crippen LogP contribution in [0.1, 0.15) is 36.0 Å². The summed E-state index contributed by atoms with van der Waals surface area (Å²) in [4.78, 5) is 0.221. The third-order valence-electron chi connectivity index (χ3n) is 7.28. The monoisotopic (exact) mass is 440 g/mol. The predicted molar refractivity (Wildman–Crippen MR) is 116 cm³/mol. The fourth-order valence-corrected chi connectivity index (χ4v) is 7.59. The van der Waals surface area contributed by atoms with E-state index in [0.29, 0.717) is 10.5 Å². The van der Waals surface area contributed by atoms with Crippen LogP contribution in [0.5, 0.6) is 0 Å². The zero-order valence-corrected chi connectivity index (χ0v) is 18.0. The third kappa shape index (κ3) is 2.27. The Bertz CT molecular complexity index is 1360. The first-order valence-corrected chi connectivity index (χ1v) is 12.0. The van der Waals surface area contributed by atoms with Gasteiger partial charge in [-0.15, -0.1) is 0 Å². The van der Waals surface area contributed by atoms with Crippen LogP contribution in [0.15, 0.2) is 52.5 Å². The molecule has 2 aromatic carbocycles. The van der Waals surface area contributed by atoms with Crippen molar-refractivity contribution in [3.8, 4) is 0 Å². The number of allylic oxidation sites excluding steroid dienone is 1. The molecule has 1 saturated carbocycles. The van der Waals surface area contributed by atoms with Crippen molar-refractivity contribution >= 4 is 38.1 Å². The van der Waals surface area contributed by atoms with Gasteiger partial charge in [-0.3, -0.25) is 0 Å². The zero-order valence-electron chi connectivity index (χ0n) is 16.5. The molecule has 0 unspecified atom stereocenters. The molecule has 1 aromatic heterocycles. The van der Waals surface area contributed by atoms with Crippen LogP contribution < -0.4 is 0 Å². The quantitative estimate of drug-likeness (QED) is 0.646. The fourth-order valence-electron chi connectivity index (χ4n) is 5.84. The molecule has 2 bridgehead atoms. The molecule has 154 valence electrons. The summed E-state index contributed by atoms with van der Waals surface area (Å²) in [6, 6.07) is 10.6. The van der Waals surface area contributed by atoms with E-state index in [1.54, 1.807) is 30.5 Å². The van der Waals surface area contributed by atoms with Gasteiger partial charge in [0.1, 0.15) is 0 Å². The van der Waals surface area contributed by atoms with E-state index in [2.05, 4.69) is 5.10 Å². The molecule has 1 fully saturated rings. The van der Waals surface area contributed by atoms with Crippen molar-refractivity contribution in [2.75, 3.05) is 0 Å². The van der Waals surface area contributed by atoms with Gasteiger partial charge in [0.25, 0.3) is 10.0 Å². The average Bonchev–Trinajstić information content (AvgIpc) is 3.40. The van der Waals surface area contributed by atoms with E-state index >= 15 is 0 Å². The highest BCUT2D eigenvalue weighted by atomic mass is 35.5. The first-order chi connectivity index (χ1) is 14.3. The summed E-state index contributed by atoms with van der Waals surface area (Å²) in [6.07, 6.45) is 4.80. The smallest absolute Gasteiger partial charge is 0.283 e. The average molecular weight is 441 g/mol. The molecule has 1 spiro atoms. The first kappa shape index (κ1) is 18.6. The Morgan fingerprint density at radius 1 is 1.20 bits per heavy atom. The summed E-state index contributed by atoms with van der Waals surface area (Å²) >= 11 is 6.66. The summed E-state index contributed by atoms with van der Waals surface area (Å²) in [6.45, 7) is 1.92. The normalized spacial score (nSPS) is 27.6. The summed E-state index contributed by atoms with van der Waals surface area (Å²) in [5, 5.41) is 16.3. The number of rotatable bonds is 2. The van der Waals surface area contributed by atoms with Gasteiger partial charge in [-0.2, -0.15) is 17.6 Å². The van der Waals surface area contributed by atoms with Crippen LogP contribution in [0.4, 0.5) is 0 Å². The Labute approximate surface area is 180 Å². The molecule has 3 aliphatic carbocycles. The van der Waals surface area contributed by atoms with Gasteiger partial charge in [0.2, 0.25) is 0 Å². The molecule has 3 aliphatic rings. The van der Waals surface area contributed by atoms with E-state index < -0.39 is 16.1 Å². The zero-order chi connectivity index (χ0) is 20.8. The lowest BCUT2D eigenvalue weighted by atomic mass is 9.74. The van der Waals surface area contributed by atoms with E-state index in [1.165, 1.54) is 0 Å². The molecule has 3 aromatic rings. The minimum Gasteiger partial charge on any atom is -0.387 e. The van der Waals surface area contributed by atoms with Crippen molar-refractivity contribution < 1.29 is 13.5 Å². The van der Waals surface area contributed by atoms with Gasteiger partial charge in [-0.1, -0.05) is 35.4 Å². The molecular formula is C23H21ClN2O3S. The van der Waals surface area contributed by atoms with E-state index in [0.717, 1.165) is 57.4 Å². The van der Waals surface area contributed by atoms with Crippen LogP contribution in [0.3, 0.4) is 0 Å². The van der Waals surface area contributed by atoms with Gasteiger partial charge in [-0.05, 0) is 73.4 Å². The molecule has 0 radical (unpaired) electrons. The molecule has 0 amide bonds. The number of aromatic nitrogens is 2. The van der Waals surface area contributed by atoms with E-state index in [1.807, 2.05) is 19.1 Å². The van der Waals surface area contributed by atoms with Crippen molar-refractivity contribution in [3.63, 3.8) is 0 Å². The van der Waals surface area contributed by atoms with Crippen LogP contribution in [-0.4, -0.2) is 28.8 Å². The molecule has 3 atom stereocenters. The number of aliphatic hydroxyl groups excluding tert-OH is 1. The fraction of sp³-hybridized carbons (Fsp3) is 0.348. The summed E-state index contributed by atoms with van der Waals surface area (Å²) in [5.41, 5.74) is 4.75. The lowest BCUT2D eigenvalue weighted by molar-refractivity contribution is 0.138. The second-order valence-corrected chi connectivity index (χ2v) is 11.1. The van der Waals surface area contributed by atoms with E-state index in [-0.39, 0.29) is 16.2 Å². The Hall–Kier alpha value is -2.15. The number of hydrogen-bond donors (Lipinski definition) is 1. The molecule has 30 heavy (non-hydrogen) atoms. The van der Waals surface area contributed by atoms with Gasteiger partial charge in [0, 0.05) is 10.8 Å². The largest absolute Gasteiger partial charge is 0.387 e. The SMILES string of the molecule is Cc1ccc(S(=O)(=O)n2ncc3c4c(ccc32)C2=C(Cl)[C@H](O)[C@H]3CC[C@@]2(C4)C3)cc1. The maximum absolute atomic E-state index is 13.2. The second kappa shape index (κ2) is 5.96. The molecule has 0 aliphatic heterocycles. The number of halogens is 1. The number of aliphatic hydroxyl groups is 1. The van der Waals surface area contributed by atoms with Crippen molar-refractivity contribution in [3.05, 3.63) is 64.3 Å². The van der Waals surface area contributed by atoms with Crippen molar-refractivity contribution in [1.82, 2.24) is 9.19 Å². The predicted octanol–water partition coefficient (Wildman–Crippen LogP) is 4.25. The highest BCUT2D eigenvalue weighted by molar-refractivity contribution is 7.90. The first-order valence-electron chi connectivity index (χ1n) is 10.2. The molecule has 7 heteroatoms. The molecule has 6 rings (SSSR count). The third-order valence-corrected chi connectivity index (χ3v) is 9.31. The number of benzene rings is 2. The van der Waals surface area contributed by atoms with Crippen LogP contribution in [0.2, 0.25) is 0 Å². The standard InChI is InChI=1S/C23H21ClN2O3S/c1-13-2-4-15(5-3-13)30(28,29)26-19-7-6-16-17(18(19)12-25-26)11-23-9-8-14(10-23)22(27)21(24)20(16)23/h2-7,12,14,22,27H,8-11H2,1H3/t14-,22+,23-/m0/s1. The van der Waals surface area contributed by atoms with Gasteiger partial charge < -0.3 is 5.11 Å². The topological polar surface area (TPSA) is 72.2 Å². The lowest BCUT2D eigenvalue weighted by Crippen LogP contribution is -2.29. The Morgan fingerprint density at radius 3 is 2.73 bits per heavy atom. The maximum Gasteiger partial charge on any atom is 0.283 e. The van der Waals surface area contributed by atoms with Crippen LogP contribution in [0.25, 0.3) is 16.5 Å². The lowest BCUT2D eigenvalue weighted by Gasteiger charge is -2.33. The van der Waals surface area contributed by atoms with Crippen molar-refractivity contribution in [2.45, 2.75) is 43.6 Å².